The minimum absolute atomic E-state index is 0.592. The zero-order valence-corrected chi connectivity index (χ0v) is 8.52. The van der Waals surface area contributed by atoms with E-state index < -0.39 is 0 Å². The summed E-state index contributed by atoms with van der Waals surface area (Å²) in [5.41, 5.74) is 0. The molecule has 2 fully saturated rings. The molecule has 1 aliphatic carbocycles. The number of hydrogen-bond donors (Lipinski definition) is 0. The summed E-state index contributed by atoms with van der Waals surface area (Å²) < 4.78 is 10.6. The smallest absolute Gasteiger partial charge is 0.0812 e. The first-order valence-electron chi connectivity index (χ1n) is 5.80. The van der Waals surface area contributed by atoms with Crippen molar-refractivity contribution >= 4 is 0 Å². The van der Waals surface area contributed by atoms with Crippen molar-refractivity contribution in [3.8, 4) is 0 Å². The highest BCUT2D eigenvalue weighted by Gasteiger charge is 2.34. The van der Waals surface area contributed by atoms with Crippen molar-refractivity contribution in [2.45, 2.75) is 37.9 Å². The molecule has 2 heteroatoms. The molecule has 0 spiro atoms. The highest BCUT2D eigenvalue weighted by molar-refractivity contribution is 4.97. The maximum Gasteiger partial charge on any atom is 0.0812 e. The van der Waals surface area contributed by atoms with Gasteiger partial charge in [-0.3, -0.25) is 0 Å². The minimum Gasteiger partial charge on any atom is -0.373 e. The van der Waals surface area contributed by atoms with Gasteiger partial charge < -0.3 is 9.47 Å². The van der Waals surface area contributed by atoms with Gasteiger partial charge in [0.2, 0.25) is 0 Å². The summed E-state index contributed by atoms with van der Waals surface area (Å²) in [6, 6.07) is 0. The number of rotatable bonds is 4. The van der Waals surface area contributed by atoms with Crippen LogP contribution in [0.1, 0.15) is 25.7 Å². The van der Waals surface area contributed by atoms with E-state index in [-0.39, 0.29) is 0 Å². The zero-order valence-electron chi connectivity index (χ0n) is 8.52. The van der Waals surface area contributed by atoms with Crippen molar-refractivity contribution in [3.05, 3.63) is 12.2 Å². The molecular weight excluding hydrogens is 176 g/mol. The Bertz CT molecular complexity index is 204. The van der Waals surface area contributed by atoms with Crippen molar-refractivity contribution in [2.24, 2.45) is 11.8 Å². The molecule has 2 heterocycles. The fourth-order valence-corrected chi connectivity index (χ4v) is 2.59. The molecule has 78 valence electrons. The maximum atomic E-state index is 5.32. The second-order valence-electron chi connectivity index (χ2n) is 4.85. The van der Waals surface area contributed by atoms with E-state index in [2.05, 4.69) is 12.2 Å². The second-order valence-corrected chi connectivity index (χ2v) is 4.85. The van der Waals surface area contributed by atoms with Crippen molar-refractivity contribution in [3.63, 3.8) is 0 Å². The molecule has 0 aromatic rings. The van der Waals surface area contributed by atoms with Gasteiger partial charge in [0.1, 0.15) is 0 Å². The van der Waals surface area contributed by atoms with Gasteiger partial charge in [-0.05, 0) is 37.5 Å². The van der Waals surface area contributed by atoms with Gasteiger partial charge in [0.15, 0.2) is 0 Å². The number of ether oxygens (including phenoxy) is 2. The van der Waals surface area contributed by atoms with E-state index in [1.165, 1.54) is 25.7 Å². The Kier molecular flexibility index (Phi) is 2.34. The van der Waals surface area contributed by atoms with E-state index in [0.29, 0.717) is 12.2 Å². The van der Waals surface area contributed by atoms with Gasteiger partial charge in [-0.25, -0.2) is 0 Å². The second kappa shape index (κ2) is 3.67. The summed E-state index contributed by atoms with van der Waals surface area (Å²) in [6.45, 7) is 2.01. The van der Waals surface area contributed by atoms with E-state index >= 15 is 0 Å². The first-order chi connectivity index (χ1) is 6.92. The molecule has 0 N–H and O–H groups in total. The molecule has 3 aliphatic rings. The molecule has 3 rings (SSSR count). The molecule has 0 bridgehead atoms. The van der Waals surface area contributed by atoms with E-state index in [1.54, 1.807) is 0 Å². The fourth-order valence-electron chi connectivity index (χ4n) is 2.59. The molecule has 0 saturated carbocycles. The lowest BCUT2D eigenvalue weighted by Crippen LogP contribution is -2.20. The van der Waals surface area contributed by atoms with E-state index in [9.17, 15) is 0 Å². The molecule has 2 nitrogen and oxygen atoms in total. The van der Waals surface area contributed by atoms with Gasteiger partial charge >= 0.3 is 0 Å². The van der Waals surface area contributed by atoms with Gasteiger partial charge in [0.25, 0.3) is 0 Å². The van der Waals surface area contributed by atoms with Gasteiger partial charge in [-0.2, -0.15) is 0 Å². The van der Waals surface area contributed by atoms with Gasteiger partial charge in [0.05, 0.1) is 25.4 Å². The highest BCUT2D eigenvalue weighted by atomic mass is 16.6. The largest absolute Gasteiger partial charge is 0.373 e. The predicted octanol–water partition coefficient (Wildman–Crippen LogP) is 2.15. The predicted molar refractivity (Wildman–Crippen MR) is 54.1 cm³/mol. The van der Waals surface area contributed by atoms with Crippen LogP contribution in [0.4, 0.5) is 0 Å². The molecule has 4 atom stereocenters. The summed E-state index contributed by atoms with van der Waals surface area (Å²) in [7, 11) is 0. The Balaban J connectivity index is 1.56. The highest BCUT2D eigenvalue weighted by Crippen LogP contribution is 2.37. The summed E-state index contributed by atoms with van der Waals surface area (Å²) in [5, 5.41) is 0. The Morgan fingerprint density at radius 2 is 1.29 bits per heavy atom. The Hall–Kier alpha value is -0.340. The third-order valence-electron chi connectivity index (χ3n) is 3.65. The van der Waals surface area contributed by atoms with Gasteiger partial charge in [0, 0.05) is 0 Å². The Morgan fingerprint density at radius 3 is 1.64 bits per heavy atom. The molecule has 4 unspecified atom stereocenters. The Morgan fingerprint density at radius 1 is 0.857 bits per heavy atom. The molecule has 0 radical (unpaired) electrons. The number of allylic oxidation sites excluding steroid dienone is 2. The standard InChI is InChI=1S/C12H18O2/c1-2-4-10(6-12-8-14-12)9(3-1)5-11-7-13-11/h1-2,9-12H,3-8H2. The monoisotopic (exact) mass is 194 g/mol. The van der Waals surface area contributed by atoms with Crippen molar-refractivity contribution in [1.29, 1.82) is 0 Å². The van der Waals surface area contributed by atoms with E-state index in [4.69, 9.17) is 9.47 Å². The molecule has 0 aromatic carbocycles. The lowest BCUT2D eigenvalue weighted by molar-refractivity contribution is 0.235. The average molecular weight is 194 g/mol. The molecule has 14 heavy (non-hydrogen) atoms. The molecule has 2 saturated heterocycles. The van der Waals surface area contributed by atoms with Crippen LogP contribution in [0.5, 0.6) is 0 Å². The topological polar surface area (TPSA) is 25.1 Å². The van der Waals surface area contributed by atoms with Crippen molar-refractivity contribution in [1.82, 2.24) is 0 Å². The summed E-state index contributed by atoms with van der Waals surface area (Å²) in [4.78, 5) is 0. The van der Waals surface area contributed by atoms with Crippen LogP contribution in [-0.2, 0) is 9.47 Å². The summed E-state index contributed by atoms with van der Waals surface area (Å²) in [6.07, 6.45) is 11.0. The van der Waals surface area contributed by atoms with Gasteiger partial charge in [-0.1, -0.05) is 12.2 Å². The third kappa shape index (κ3) is 2.18. The molecular formula is C12H18O2. The first kappa shape index (κ1) is 8.93. The number of hydrogen-bond acceptors (Lipinski definition) is 2. The van der Waals surface area contributed by atoms with Crippen LogP contribution in [0.15, 0.2) is 12.2 Å². The first-order valence-corrected chi connectivity index (χ1v) is 5.80. The van der Waals surface area contributed by atoms with Crippen LogP contribution in [0.25, 0.3) is 0 Å². The lowest BCUT2D eigenvalue weighted by atomic mass is 9.78. The van der Waals surface area contributed by atoms with Gasteiger partial charge in [-0.15, -0.1) is 0 Å². The van der Waals surface area contributed by atoms with Crippen LogP contribution in [0, 0.1) is 11.8 Å². The molecule has 0 amide bonds. The van der Waals surface area contributed by atoms with E-state index in [1.807, 2.05) is 0 Å². The van der Waals surface area contributed by atoms with Crippen LogP contribution in [0.2, 0.25) is 0 Å². The lowest BCUT2D eigenvalue weighted by Gasteiger charge is -2.27. The summed E-state index contributed by atoms with van der Waals surface area (Å²) >= 11 is 0. The quantitative estimate of drug-likeness (QED) is 0.506. The average Bonchev–Trinajstić information content (AvgIpc) is 3.01. The zero-order chi connectivity index (χ0) is 9.38. The van der Waals surface area contributed by atoms with E-state index in [0.717, 1.165) is 25.0 Å². The summed E-state index contributed by atoms with van der Waals surface area (Å²) in [5.74, 6) is 1.72. The number of epoxide rings is 2. The Labute approximate surface area is 85.3 Å². The van der Waals surface area contributed by atoms with Crippen LogP contribution < -0.4 is 0 Å². The third-order valence-corrected chi connectivity index (χ3v) is 3.65. The fraction of sp³-hybridized carbons (Fsp3) is 0.833. The normalized spacial score (nSPS) is 45.1. The SMILES string of the molecule is C1=CCC(CC2CO2)C(CC2CO2)C1. The molecule has 2 aliphatic heterocycles. The molecule has 0 aromatic heterocycles. The van der Waals surface area contributed by atoms with Crippen molar-refractivity contribution < 1.29 is 9.47 Å². The maximum absolute atomic E-state index is 5.32. The van der Waals surface area contributed by atoms with Crippen molar-refractivity contribution in [2.75, 3.05) is 13.2 Å². The minimum atomic E-state index is 0.592. The van der Waals surface area contributed by atoms with Crippen LogP contribution in [-0.4, -0.2) is 25.4 Å². The van der Waals surface area contributed by atoms with Crippen LogP contribution >= 0.6 is 0 Å². The van der Waals surface area contributed by atoms with Crippen LogP contribution in [0.3, 0.4) is 0 Å².